The van der Waals surface area contributed by atoms with Gasteiger partial charge in [0.05, 0.1) is 15.6 Å². The molecule has 3 aromatic rings. The van der Waals surface area contributed by atoms with Crippen molar-refractivity contribution in [1.82, 2.24) is 4.98 Å². The molecule has 0 unspecified atom stereocenters. The average molecular weight is 265 g/mol. The van der Waals surface area contributed by atoms with Gasteiger partial charge >= 0.3 is 0 Å². The molecule has 0 atom stereocenters. The van der Waals surface area contributed by atoms with Crippen LogP contribution in [-0.2, 0) is 0 Å². The van der Waals surface area contributed by atoms with Gasteiger partial charge in [0.2, 0.25) is 0 Å². The summed E-state index contributed by atoms with van der Waals surface area (Å²) in [6.45, 7) is 4.13. The summed E-state index contributed by atoms with van der Waals surface area (Å²) in [5.41, 5.74) is 4.88. The van der Waals surface area contributed by atoms with E-state index in [1.165, 1.54) is 21.6 Å². The van der Waals surface area contributed by atoms with Crippen molar-refractivity contribution in [3.63, 3.8) is 0 Å². The molecule has 0 N–H and O–H groups in total. The number of rotatable bonds is 2. The topological polar surface area (TPSA) is 12.9 Å². The molecule has 0 spiro atoms. The van der Waals surface area contributed by atoms with Crippen LogP contribution in [0.5, 0.6) is 0 Å². The first-order valence-corrected chi connectivity index (χ1v) is 7.15. The minimum Gasteiger partial charge on any atom is -0.246 e. The summed E-state index contributed by atoms with van der Waals surface area (Å²) in [5.74, 6) is 0. The summed E-state index contributed by atoms with van der Waals surface area (Å²) < 4.78 is 0. The Morgan fingerprint density at radius 1 is 0.737 bits per heavy atom. The van der Waals surface area contributed by atoms with Gasteiger partial charge in [-0.25, -0.2) is 4.98 Å². The van der Waals surface area contributed by atoms with E-state index in [-0.39, 0.29) is 0 Å². The molecule has 0 aliphatic rings. The highest BCUT2D eigenvalue weighted by Crippen LogP contribution is 2.31. The van der Waals surface area contributed by atoms with Crippen molar-refractivity contribution < 1.29 is 0 Å². The quantitative estimate of drug-likeness (QED) is 0.628. The zero-order valence-electron chi connectivity index (χ0n) is 11.1. The van der Waals surface area contributed by atoms with E-state index in [2.05, 4.69) is 67.4 Å². The summed E-state index contributed by atoms with van der Waals surface area (Å²) in [6.07, 6.45) is 0. The van der Waals surface area contributed by atoms with E-state index in [0.717, 1.165) is 10.7 Å². The van der Waals surface area contributed by atoms with E-state index in [0.29, 0.717) is 0 Å². The van der Waals surface area contributed by atoms with E-state index in [1.807, 2.05) is 6.07 Å². The molecule has 0 fully saturated rings. The summed E-state index contributed by atoms with van der Waals surface area (Å²) >= 11 is 1.76. The highest BCUT2D eigenvalue weighted by Gasteiger charge is 2.07. The molecule has 0 amide bonds. The van der Waals surface area contributed by atoms with Crippen molar-refractivity contribution in [2.75, 3.05) is 0 Å². The van der Waals surface area contributed by atoms with Crippen LogP contribution in [0, 0.1) is 13.8 Å². The third-order valence-electron chi connectivity index (χ3n) is 3.16. The Hall–Kier alpha value is -1.93. The number of thiazole rings is 1. The van der Waals surface area contributed by atoms with Crippen LogP contribution in [0.25, 0.3) is 21.6 Å². The molecule has 0 aliphatic heterocycles. The first kappa shape index (κ1) is 12.1. The van der Waals surface area contributed by atoms with E-state index in [9.17, 15) is 0 Å². The summed E-state index contributed by atoms with van der Waals surface area (Å²) in [6, 6.07) is 19.2. The molecule has 1 heterocycles. The largest absolute Gasteiger partial charge is 0.246 e. The maximum Gasteiger partial charge on any atom is 0.0903 e. The zero-order valence-corrected chi connectivity index (χ0v) is 11.9. The van der Waals surface area contributed by atoms with Crippen LogP contribution in [0.3, 0.4) is 0 Å². The van der Waals surface area contributed by atoms with E-state index < -0.39 is 0 Å². The highest BCUT2D eigenvalue weighted by atomic mass is 32.1. The molecule has 1 nitrogen and oxygen atoms in total. The lowest BCUT2D eigenvalue weighted by molar-refractivity contribution is 1.20. The molecule has 1 aromatic heterocycles. The molecular formula is C17H15NS. The molecule has 2 heteroatoms. The average Bonchev–Trinajstić information content (AvgIpc) is 2.79. The monoisotopic (exact) mass is 265 g/mol. The fourth-order valence-corrected chi connectivity index (χ4v) is 3.17. The molecule has 19 heavy (non-hydrogen) atoms. The number of hydrogen-bond donors (Lipinski definition) is 0. The first-order valence-electron chi connectivity index (χ1n) is 6.34. The predicted octanol–water partition coefficient (Wildman–Crippen LogP) is 5.09. The van der Waals surface area contributed by atoms with Crippen LogP contribution >= 0.6 is 11.3 Å². The fraction of sp³-hybridized carbons (Fsp3) is 0.118. The number of hydrogen-bond acceptors (Lipinski definition) is 2. The molecular weight excluding hydrogens is 250 g/mol. The Balaban J connectivity index is 1.98. The number of aromatic nitrogens is 1. The maximum absolute atomic E-state index is 4.49. The van der Waals surface area contributed by atoms with Crippen LogP contribution in [0.2, 0.25) is 0 Å². The van der Waals surface area contributed by atoms with Gasteiger partial charge in [-0.3, -0.25) is 0 Å². The first-order chi connectivity index (χ1) is 9.24. The van der Waals surface area contributed by atoms with Gasteiger partial charge in [-0.2, -0.15) is 0 Å². The lowest BCUT2D eigenvalue weighted by Gasteiger charge is -2.03. The number of benzene rings is 2. The fourth-order valence-electron chi connectivity index (χ4n) is 2.24. The second-order valence-electron chi connectivity index (χ2n) is 4.59. The second-order valence-corrected chi connectivity index (χ2v) is 5.79. The smallest absolute Gasteiger partial charge is 0.0903 e. The van der Waals surface area contributed by atoms with Gasteiger partial charge in [-0.15, -0.1) is 11.3 Å². The second kappa shape index (κ2) is 4.98. The standard InChI is InChI=1S/C17H15NS/c1-12-17(19-13(2)18-12)16-10-8-15(9-11-16)14-6-4-3-5-7-14/h3-11H,1-2H3. The minimum absolute atomic E-state index is 1.12. The minimum atomic E-state index is 1.12. The third kappa shape index (κ3) is 2.45. The number of aryl methyl sites for hydroxylation is 2. The summed E-state index contributed by atoms with van der Waals surface area (Å²) in [7, 11) is 0. The molecule has 0 aliphatic carbocycles. The Bertz CT molecular complexity index is 681. The lowest BCUT2D eigenvalue weighted by Crippen LogP contribution is -1.80. The molecule has 94 valence electrons. The van der Waals surface area contributed by atoms with Crippen molar-refractivity contribution >= 4 is 11.3 Å². The van der Waals surface area contributed by atoms with Gasteiger partial charge in [0.15, 0.2) is 0 Å². The van der Waals surface area contributed by atoms with Crippen LogP contribution in [0.1, 0.15) is 10.7 Å². The Labute approximate surface area is 117 Å². The number of nitrogens with zero attached hydrogens (tertiary/aromatic N) is 1. The van der Waals surface area contributed by atoms with E-state index in [4.69, 9.17) is 0 Å². The van der Waals surface area contributed by atoms with Gasteiger partial charge in [0.1, 0.15) is 0 Å². The van der Waals surface area contributed by atoms with Crippen LogP contribution in [0.4, 0.5) is 0 Å². The van der Waals surface area contributed by atoms with Gasteiger partial charge in [-0.1, -0.05) is 54.6 Å². The van der Waals surface area contributed by atoms with Gasteiger partial charge < -0.3 is 0 Å². The van der Waals surface area contributed by atoms with Crippen LogP contribution in [0.15, 0.2) is 54.6 Å². The Kier molecular flexibility index (Phi) is 3.18. The Morgan fingerprint density at radius 2 is 1.32 bits per heavy atom. The molecule has 2 aromatic carbocycles. The SMILES string of the molecule is Cc1nc(C)c(-c2ccc(-c3ccccc3)cc2)s1. The van der Waals surface area contributed by atoms with Gasteiger partial charge in [0.25, 0.3) is 0 Å². The predicted molar refractivity (Wildman–Crippen MR) is 82.5 cm³/mol. The molecule has 0 saturated heterocycles. The van der Waals surface area contributed by atoms with Crippen molar-refractivity contribution in [3.05, 3.63) is 65.3 Å². The van der Waals surface area contributed by atoms with E-state index in [1.54, 1.807) is 11.3 Å². The van der Waals surface area contributed by atoms with Gasteiger partial charge in [-0.05, 0) is 30.5 Å². The highest BCUT2D eigenvalue weighted by molar-refractivity contribution is 7.15. The molecule has 0 bridgehead atoms. The van der Waals surface area contributed by atoms with Crippen molar-refractivity contribution in [2.45, 2.75) is 13.8 Å². The normalized spacial score (nSPS) is 10.6. The summed E-state index contributed by atoms with van der Waals surface area (Å²) in [4.78, 5) is 5.76. The molecule has 3 rings (SSSR count). The lowest BCUT2D eigenvalue weighted by atomic mass is 10.0. The van der Waals surface area contributed by atoms with Crippen molar-refractivity contribution in [1.29, 1.82) is 0 Å². The third-order valence-corrected chi connectivity index (χ3v) is 4.28. The van der Waals surface area contributed by atoms with Crippen LogP contribution in [-0.4, -0.2) is 4.98 Å². The van der Waals surface area contributed by atoms with Crippen molar-refractivity contribution in [3.8, 4) is 21.6 Å². The van der Waals surface area contributed by atoms with E-state index >= 15 is 0 Å². The summed E-state index contributed by atoms with van der Waals surface area (Å²) in [5, 5.41) is 1.12. The Morgan fingerprint density at radius 3 is 1.89 bits per heavy atom. The van der Waals surface area contributed by atoms with Crippen LogP contribution < -0.4 is 0 Å². The van der Waals surface area contributed by atoms with Crippen molar-refractivity contribution in [2.24, 2.45) is 0 Å². The van der Waals surface area contributed by atoms with Gasteiger partial charge in [0, 0.05) is 0 Å². The molecule has 0 radical (unpaired) electrons. The zero-order chi connectivity index (χ0) is 13.2. The maximum atomic E-state index is 4.49. The molecule has 0 saturated carbocycles.